The van der Waals surface area contributed by atoms with Crippen LogP contribution in [0, 0.1) is 6.92 Å². The van der Waals surface area contributed by atoms with E-state index >= 15 is 0 Å². The molecule has 6 nitrogen and oxygen atoms in total. The minimum Gasteiger partial charge on any atom is -0.497 e. The smallest absolute Gasteiger partial charge is 0.251 e. The lowest BCUT2D eigenvalue weighted by Gasteiger charge is -2.09. The maximum Gasteiger partial charge on any atom is 0.251 e. The maximum atomic E-state index is 12.4. The van der Waals surface area contributed by atoms with Crippen molar-refractivity contribution in [2.24, 2.45) is 0 Å². The molecule has 0 aliphatic carbocycles. The molecular weight excluding hydrogens is 402 g/mol. The predicted molar refractivity (Wildman–Crippen MR) is 123 cm³/mol. The van der Waals surface area contributed by atoms with Crippen LogP contribution in [0.1, 0.15) is 21.5 Å². The summed E-state index contributed by atoms with van der Waals surface area (Å²) >= 11 is 0. The number of amides is 1. The summed E-state index contributed by atoms with van der Waals surface area (Å²) in [5, 5.41) is 2.91. The van der Waals surface area contributed by atoms with E-state index in [2.05, 4.69) is 15.3 Å². The first-order valence-corrected chi connectivity index (χ1v) is 10.2. The summed E-state index contributed by atoms with van der Waals surface area (Å²) < 4.78 is 11.0. The van der Waals surface area contributed by atoms with Crippen LogP contribution < -0.4 is 14.8 Å². The molecule has 6 heteroatoms. The van der Waals surface area contributed by atoms with E-state index in [0.717, 1.165) is 16.9 Å². The summed E-state index contributed by atoms with van der Waals surface area (Å²) in [7, 11) is 1.62. The van der Waals surface area contributed by atoms with E-state index in [0.29, 0.717) is 29.6 Å². The van der Waals surface area contributed by atoms with Crippen molar-refractivity contribution >= 4 is 5.91 Å². The molecule has 0 aliphatic heterocycles. The van der Waals surface area contributed by atoms with Crippen LogP contribution in [0.3, 0.4) is 0 Å². The molecule has 0 spiro atoms. The van der Waals surface area contributed by atoms with Crippen molar-refractivity contribution in [1.29, 1.82) is 0 Å². The lowest BCUT2D eigenvalue weighted by Crippen LogP contribution is -2.22. The SMILES string of the molecule is COc1ccc(CNC(=O)c2ccc(Oc3ccnc(-c4ccc(C)cc4)n3)cc2)cc1. The van der Waals surface area contributed by atoms with Gasteiger partial charge in [0.15, 0.2) is 5.82 Å². The fraction of sp³-hybridized carbons (Fsp3) is 0.115. The van der Waals surface area contributed by atoms with E-state index in [9.17, 15) is 4.79 Å². The quantitative estimate of drug-likeness (QED) is 0.441. The van der Waals surface area contributed by atoms with Crippen LogP contribution >= 0.6 is 0 Å². The highest BCUT2D eigenvalue weighted by Crippen LogP contribution is 2.23. The Kier molecular flexibility index (Phi) is 6.41. The third-order valence-corrected chi connectivity index (χ3v) is 4.89. The first kappa shape index (κ1) is 21.1. The normalized spacial score (nSPS) is 10.4. The van der Waals surface area contributed by atoms with E-state index in [1.54, 1.807) is 43.6 Å². The number of carbonyl (C=O) groups excluding carboxylic acids is 1. The Balaban J connectivity index is 1.37. The summed E-state index contributed by atoms with van der Waals surface area (Å²) in [5.74, 6) is 2.25. The lowest BCUT2D eigenvalue weighted by molar-refractivity contribution is 0.0951. The van der Waals surface area contributed by atoms with Crippen molar-refractivity contribution in [3.05, 3.63) is 102 Å². The fourth-order valence-electron chi connectivity index (χ4n) is 3.06. The summed E-state index contributed by atoms with van der Waals surface area (Å²) in [6.07, 6.45) is 1.67. The Morgan fingerprint density at radius 2 is 1.56 bits per heavy atom. The molecule has 4 aromatic rings. The topological polar surface area (TPSA) is 73.3 Å². The van der Waals surface area contributed by atoms with Gasteiger partial charge in [-0.25, -0.2) is 4.98 Å². The van der Waals surface area contributed by atoms with Gasteiger partial charge in [0.1, 0.15) is 11.5 Å². The molecule has 32 heavy (non-hydrogen) atoms. The van der Waals surface area contributed by atoms with Crippen LogP contribution in [0.4, 0.5) is 0 Å². The van der Waals surface area contributed by atoms with Gasteiger partial charge < -0.3 is 14.8 Å². The molecule has 0 aliphatic rings. The van der Waals surface area contributed by atoms with Gasteiger partial charge in [-0.05, 0) is 48.9 Å². The molecule has 0 saturated carbocycles. The highest BCUT2D eigenvalue weighted by atomic mass is 16.5. The molecule has 4 rings (SSSR count). The van der Waals surface area contributed by atoms with Crippen molar-refractivity contribution < 1.29 is 14.3 Å². The summed E-state index contributed by atoms with van der Waals surface area (Å²) in [5.41, 5.74) is 3.64. The Morgan fingerprint density at radius 1 is 0.875 bits per heavy atom. The van der Waals surface area contributed by atoms with Crippen molar-refractivity contribution in [2.75, 3.05) is 7.11 Å². The Bertz CT molecular complexity index is 1190. The summed E-state index contributed by atoms with van der Waals surface area (Å²) in [6.45, 7) is 2.47. The lowest BCUT2D eigenvalue weighted by atomic mass is 10.1. The molecule has 0 radical (unpaired) electrons. The van der Waals surface area contributed by atoms with Crippen LogP contribution in [0.2, 0.25) is 0 Å². The van der Waals surface area contributed by atoms with Gasteiger partial charge in [-0.1, -0.05) is 42.0 Å². The van der Waals surface area contributed by atoms with Gasteiger partial charge in [0.25, 0.3) is 5.91 Å². The first-order valence-electron chi connectivity index (χ1n) is 10.2. The standard InChI is InChI=1S/C26H23N3O3/c1-18-3-7-20(8-4-18)25-27-16-15-24(29-25)32-23-13-9-21(10-14-23)26(30)28-17-19-5-11-22(31-2)12-6-19/h3-16H,17H2,1-2H3,(H,28,30). The molecule has 1 N–H and O–H groups in total. The number of hydrogen-bond donors (Lipinski definition) is 1. The van der Waals surface area contributed by atoms with Crippen molar-refractivity contribution in [3.8, 4) is 28.8 Å². The van der Waals surface area contributed by atoms with E-state index < -0.39 is 0 Å². The zero-order valence-corrected chi connectivity index (χ0v) is 17.9. The van der Waals surface area contributed by atoms with Gasteiger partial charge in [-0.2, -0.15) is 4.98 Å². The number of rotatable bonds is 7. The number of ether oxygens (including phenoxy) is 2. The third-order valence-electron chi connectivity index (χ3n) is 4.89. The number of benzene rings is 3. The second kappa shape index (κ2) is 9.75. The molecule has 160 valence electrons. The average molecular weight is 425 g/mol. The van der Waals surface area contributed by atoms with Gasteiger partial charge in [0.05, 0.1) is 7.11 Å². The fourth-order valence-corrected chi connectivity index (χ4v) is 3.06. The second-order valence-corrected chi connectivity index (χ2v) is 7.24. The van der Waals surface area contributed by atoms with Gasteiger partial charge in [-0.3, -0.25) is 4.79 Å². The molecule has 0 fully saturated rings. The number of methoxy groups -OCH3 is 1. The molecule has 0 bridgehead atoms. The van der Waals surface area contributed by atoms with Gasteiger partial charge in [0.2, 0.25) is 5.88 Å². The number of aryl methyl sites for hydroxylation is 1. The van der Waals surface area contributed by atoms with Gasteiger partial charge in [-0.15, -0.1) is 0 Å². The number of nitrogens with one attached hydrogen (secondary N) is 1. The minimum atomic E-state index is -0.156. The van der Waals surface area contributed by atoms with Crippen LogP contribution in [0.15, 0.2) is 85.1 Å². The molecule has 0 unspecified atom stereocenters. The van der Waals surface area contributed by atoms with Crippen LogP contribution in [0.25, 0.3) is 11.4 Å². The molecule has 1 heterocycles. The molecule has 1 aromatic heterocycles. The van der Waals surface area contributed by atoms with E-state index in [1.807, 2.05) is 55.5 Å². The second-order valence-electron chi connectivity index (χ2n) is 7.24. The Labute approximate surface area is 186 Å². The highest BCUT2D eigenvalue weighted by molar-refractivity contribution is 5.94. The molecule has 0 saturated heterocycles. The minimum absolute atomic E-state index is 0.156. The number of hydrogen-bond acceptors (Lipinski definition) is 5. The van der Waals surface area contributed by atoms with E-state index in [-0.39, 0.29) is 5.91 Å². The number of carbonyl (C=O) groups is 1. The first-order chi connectivity index (χ1) is 15.6. The van der Waals surface area contributed by atoms with E-state index in [1.165, 1.54) is 5.56 Å². The zero-order chi connectivity index (χ0) is 22.3. The predicted octanol–water partition coefficient (Wildman–Crippen LogP) is 5.18. The molecule has 0 atom stereocenters. The van der Waals surface area contributed by atoms with Crippen LogP contribution in [-0.2, 0) is 6.54 Å². The zero-order valence-electron chi connectivity index (χ0n) is 17.9. The molecular formula is C26H23N3O3. The van der Waals surface area contributed by atoms with Crippen LogP contribution in [0.5, 0.6) is 17.4 Å². The van der Waals surface area contributed by atoms with Crippen molar-refractivity contribution in [1.82, 2.24) is 15.3 Å². The largest absolute Gasteiger partial charge is 0.497 e. The maximum absolute atomic E-state index is 12.4. The average Bonchev–Trinajstić information content (AvgIpc) is 2.84. The van der Waals surface area contributed by atoms with E-state index in [4.69, 9.17) is 9.47 Å². The third kappa shape index (κ3) is 5.29. The van der Waals surface area contributed by atoms with Crippen molar-refractivity contribution in [2.45, 2.75) is 13.5 Å². The Hall–Kier alpha value is -4.19. The van der Waals surface area contributed by atoms with Crippen molar-refractivity contribution in [3.63, 3.8) is 0 Å². The summed E-state index contributed by atoms with van der Waals surface area (Å²) in [6, 6.07) is 24.2. The molecule has 3 aromatic carbocycles. The number of nitrogens with zero attached hydrogens (tertiary/aromatic N) is 2. The summed E-state index contributed by atoms with van der Waals surface area (Å²) in [4.78, 5) is 21.2. The Morgan fingerprint density at radius 3 is 2.25 bits per heavy atom. The van der Waals surface area contributed by atoms with Gasteiger partial charge >= 0.3 is 0 Å². The van der Waals surface area contributed by atoms with Gasteiger partial charge in [0, 0.05) is 29.9 Å². The highest BCUT2D eigenvalue weighted by Gasteiger charge is 2.08. The van der Waals surface area contributed by atoms with Crippen LogP contribution in [-0.4, -0.2) is 23.0 Å². The molecule has 1 amide bonds. The number of aromatic nitrogens is 2. The monoisotopic (exact) mass is 425 g/mol.